The van der Waals surface area contributed by atoms with Crippen molar-refractivity contribution in [3.8, 4) is 0 Å². The molecule has 0 atom stereocenters. The summed E-state index contributed by atoms with van der Waals surface area (Å²) in [5, 5.41) is 16.8. The topological polar surface area (TPSA) is 105 Å². The summed E-state index contributed by atoms with van der Waals surface area (Å²) >= 11 is 0. The molecule has 0 heterocycles. The predicted octanol–water partition coefficient (Wildman–Crippen LogP) is 0.504. The van der Waals surface area contributed by atoms with Crippen LogP contribution in [0.3, 0.4) is 0 Å². The van der Waals surface area contributed by atoms with Crippen molar-refractivity contribution in [2.24, 2.45) is 0 Å². The fraction of sp³-hybridized carbons (Fsp3) is 1.00. The summed E-state index contributed by atoms with van der Waals surface area (Å²) in [5.74, 6) is 0. The Morgan fingerprint density at radius 2 is 0.786 bits per heavy atom. The van der Waals surface area contributed by atoms with Crippen molar-refractivity contribution >= 4 is 0 Å². The minimum absolute atomic E-state index is 0.0557. The van der Waals surface area contributed by atoms with Gasteiger partial charge in [0.1, 0.15) is 0 Å². The molecular formula is C19H42O9. The molecule has 0 aromatic rings. The molecule has 0 aliphatic rings. The molecule has 0 fully saturated rings. The van der Waals surface area contributed by atoms with E-state index in [1.54, 1.807) is 7.11 Å². The maximum absolute atomic E-state index is 8.40. The molecule has 0 aromatic heterocycles. The molecule has 9 heteroatoms. The van der Waals surface area contributed by atoms with Gasteiger partial charge in [0.15, 0.2) is 0 Å². The highest BCUT2D eigenvalue weighted by molar-refractivity contribution is 4.35. The Labute approximate surface area is 170 Å². The summed E-state index contributed by atoms with van der Waals surface area (Å²) in [6, 6.07) is 0. The van der Waals surface area contributed by atoms with Crippen LogP contribution in [0.5, 0.6) is 0 Å². The SMILES string of the molecule is CCCCOCCOCCOCCO.COCCOCCOCCOCCO. The van der Waals surface area contributed by atoms with E-state index in [1.807, 2.05) is 0 Å². The first kappa shape index (κ1) is 29.8. The van der Waals surface area contributed by atoms with Crippen molar-refractivity contribution in [2.75, 3.05) is 106 Å². The zero-order valence-electron chi connectivity index (χ0n) is 17.8. The number of aliphatic hydroxyl groups is 2. The largest absolute Gasteiger partial charge is 0.394 e. The highest BCUT2D eigenvalue weighted by Crippen LogP contribution is 1.88. The van der Waals surface area contributed by atoms with E-state index in [1.165, 1.54) is 0 Å². The Bertz CT molecular complexity index is 197. The van der Waals surface area contributed by atoms with Crippen LogP contribution in [0.4, 0.5) is 0 Å². The lowest BCUT2D eigenvalue weighted by Gasteiger charge is -2.05. The first-order valence-electron chi connectivity index (χ1n) is 10.0. The van der Waals surface area contributed by atoms with Gasteiger partial charge in [-0.3, -0.25) is 0 Å². The molecule has 0 unspecified atom stereocenters. The lowest BCUT2D eigenvalue weighted by molar-refractivity contribution is -0.000973. The van der Waals surface area contributed by atoms with E-state index in [0.29, 0.717) is 79.3 Å². The van der Waals surface area contributed by atoms with Crippen LogP contribution < -0.4 is 0 Å². The average Bonchev–Trinajstić information content (AvgIpc) is 2.71. The molecule has 0 radical (unpaired) electrons. The van der Waals surface area contributed by atoms with Crippen LogP contribution in [0, 0.1) is 0 Å². The molecule has 28 heavy (non-hydrogen) atoms. The lowest BCUT2D eigenvalue weighted by Crippen LogP contribution is -2.12. The Hall–Kier alpha value is -0.360. The van der Waals surface area contributed by atoms with E-state index >= 15 is 0 Å². The van der Waals surface area contributed by atoms with Crippen LogP contribution in [0.2, 0.25) is 0 Å². The molecule has 0 aliphatic heterocycles. The number of ether oxygens (including phenoxy) is 7. The predicted molar refractivity (Wildman–Crippen MR) is 106 cm³/mol. The third kappa shape index (κ3) is 33.2. The maximum atomic E-state index is 8.40. The van der Waals surface area contributed by atoms with Gasteiger partial charge in [-0.25, -0.2) is 0 Å². The summed E-state index contributed by atoms with van der Waals surface area (Å²) in [6.07, 6.45) is 2.27. The smallest absolute Gasteiger partial charge is 0.0701 e. The van der Waals surface area contributed by atoms with Crippen molar-refractivity contribution < 1.29 is 43.4 Å². The average molecular weight is 415 g/mol. The number of rotatable bonds is 22. The molecular weight excluding hydrogens is 372 g/mol. The number of hydrogen-bond donors (Lipinski definition) is 2. The van der Waals surface area contributed by atoms with Gasteiger partial charge in [0.2, 0.25) is 0 Å². The first-order chi connectivity index (χ1) is 13.8. The molecule has 9 nitrogen and oxygen atoms in total. The quantitative estimate of drug-likeness (QED) is 0.245. The van der Waals surface area contributed by atoms with Crippen LogP contribution in [0.15, 0.2) is 0 Å². The Morgan fingerprint density at radius 1 is 0.464 bits per heavy atom. The highest BCUT2D eigenvalue weighted by Gasteiger charge is 1.91. The Balaban J connectivity index is 0. The number of methoxy groups -OCH3 is 1. The van der Waals surface area contributed by atoms with Gasteiger partial charge >= 0.3 is 0 Å². The zero-order valence-corrected chi connectivity index (χ0v) is 17.8. The summed E-state index contributed by atoms with van der Waals surface area (Å²) in [7, 11) is 1.64. The van der Waals surface area contributed by atoms with Crippen molar-refractivity contribution in [1.29, 1.82) is 0 Å². The third-order valence-corrected chi connectivity index (χ3v) is 3.03. The normalized spacial score (nSPS) is 10.7. The number of hydrogen-bond acceptors (Lipinski definition) is 9. The minimum Gasteiger partial charge on any atom is -0.394 e. The van der Waals surface area contributed by atoms with Gasteiger partial charge < -0.3 is 43.4 Å². The molecule has 0 saturated heterocycles. The van der Waals surface area contributed by atoms with Gasteiger partial charge in [0.25, 0.3) is 0 Å². The summed E-state index contributed by atoms with van der Waals surface area (Å²) in [6.45, 7) is 9.60. The van der Waals surface area contributed by atoms with E-state index in [9.17, 15) is 0 Å². The highest BCUT2D eigenvalue weighted by atomic mass is 16.6. The Morgan fingerprint density at radius 3 is 1.11 bits per heavy atom. The van der Waals surface area contributed by atoms with Crippen LogP contribution in [-0.2, 0) is 33.2 Å². The van der Waals surface area contributed by atoms with Crippen molar-refractivity contribution in [2.45, 2.75) is 19.8 Å². The van der Waals surface area contributed by atoms with Gasteiger partial charge in [0.05, 0.1) is 92.5 Å². The van der Waals surface area contributed by atoms with E-state index in [2.05, 4.69) is 6.92 Å². The molecule has 0 aromatic carbocycles. The summed E-state index contributed by atoms with van der Waals surface area (Å²) in [4.78, 5) is 0. The van der Waals surface area contributed by atoms with Gasteiger partial charge in [-0.15, -0.1) is 0 Å². The van der Waals surface area contributed by atoms with E-state index in [0.717, 1.165) is 19.4 Å². The lowest BCUT2D eigenvalue weighted by atomic mass is 10.4. The molecule has 0 aliphatic carbocycles. The maximum Gasteiger partial charge on any atom is 0.0701 e. The van der Waals surface area contributed by atoms with E-state index in [-0.39, 0.29) is 13.2 Å². The van der Waals surface area contributed by atoms with Crippen molar-refractivity contribution in [1.82, 2.24) is 0 Å². The van der Waals surface area contributed by atoms with Gasteiger partial charge in [-0.2, -0.15) is 0 Å². The van der Waals surface area contributed by atoms with Crippen LogP contribution >= 0.6 is 0 Å². The molecule has 0 spiro atoms. The Kier molecular flexibility index (Phi) is 33.4. The monoisotopic (exact) mass is 414 g/mol. The fourth-order valence-electron chi connectivity index (χ4n) is 1.60. The second kappa shape index (κ2) is 31.3. The molecule has 0 bridgehead atoms. The standard InChI is InChI=1S/C10H22O4.C9H20O5/c1-2-3-5-12-7-9-14-10-8-13-6-4-11;1-11-4-5-13-8-9-14-7-6-12-3-2-10/h11H,2-10H2,1H3;10H,2-9H2,1H3. The zero-order chi connectivity index (χ0) is 21.0. The molecule has 172 valence electrons. The van der Waals surface area contributed by atoms with Gasteiger partial charge in [-0.05, 0) is 6.42 Å². The molecule has 0 saturated carbocycles. The van der Waals surface area contributed by atoms with Crippen LogP contribution in [0.1, 0.15) is 19.8 Å². The molecule has 0 rings (SSSR count). The molecule has 2 N–H and O–H groups in total. The van der Waals surface area contributed by atoms with E-state index < -0.39 is 0 Å². The van der Waals surface area contributed by atoms with Gasteiger partial charge in [-0.1, -0.05) is 13.3 Å². The number of unbranched alkanes of at least 4 members (excludes halogenated alkanes) is 1. The third-order valence-electron chi connectivity index (χ3n) is 3.03. The minimum atomic E-state index is 0.0557. The second-order valence-electron chi connectivity index (χ2n) is 5.47. The van der Waals surface area contributed by atoms with Gasteiger partial charge in [0, 0.05) is 13.7 Å². The van der Waals surface area contributed by atoms with Crippen molar-refractivity contribution in [3.63, 3.8) is 0 Å². The van der Waals surface area contributed by atoms with E-state index in [4.69, 9.17) is 43.4 Å². The molecule has 0 amide bonds. The fourth-order valence-corrected chi connectivity index (χ4v) is 1.60. The first-order valence-corrected chi connectivity index (χ1v) is 10.0. The summed E-state index contributed by atoms with van der Waals surface area (Å²) < 4.78 is 35.7. The van der Waals surface area contributed by atoms with Crippen LogP contribution in [-0.4, -0.2) is 116 Å². The second-order valence-corrected chi connectivity index (χ2v) is 5.47. The number of aliphatic hydroxyl groups excluding tert-OH is 2. The van der Waals surface area contributed by atoms with Crippen LogP contribution in [0.25, 0.3) is 0 Å². The summed E-state index contributed by atoms with van der Waals surface area (Å²) in [5.41, 5.74) is 0. The van der Waals surface area contributed by atoms with Crippen molar-refractivity contribution in [3.05, 3.63) is 0 Å².